The summed E-state index contributed by atoms with van der Waals surface area (Å²) < 4.78 is 0. The number of hydrogen-bond donors (Lipinski definition) is 1. The number of hydrogen-bond acceptors (Lipinski definition) is 5. The number of ketones is 2. The predicted molar refractivity (Wildman–Crippen MR) is 73.0 cm³/mol. The van der Waals surface area contributed by atoms with Crippen molar-refractivity contribution in [2.45, 2.75) is 0 Å². The Bertz CT molecular complexity index is 797. The van der Waals surface area contributed by atoms with Gasteiger partial charge < -0.3 is 4.98 Å². The molecule has 96 valence electrons. The molecule has 1 aromatic carbocycles. The maximum Gasteiger partial charge on any atom is 0.214 e. The van der Waals surface area contributed by atoms with Crippen LogP contribution in [0.15, 0.2) is 35.8 Å². The number of thiazole rings is 1. The fourth-order valence-electron chi connectivity index (χ4n) is 2.28. The van der Waals surface area contributed by atoms with Crippen LogP contribution in [0.3, 0.4) is 0 Å². The first-order valence-electron chi connectivity index (χ1n) is 5.94. The molecule has 20 heavy (non-hydrogen) atoms. The number of nitrogens with one attached hydrogen (secondary N) is 1. The topological polar surface area (TPSA) is 75.7 Å². The van der Waals surface area contributed by atoms with Gasteiger partial charge in [0.1, 0.15) is 11.4 Å². The van der Waals surface area contributed by atoms with E-state index in [-0.39, 0.29) is 23.0 Å². The van der Waals surface area contributed by atoms with Gasteiger partial charge in [0.2, 0.25) is 11.6 Å². The van der Waals surface area contributed by atoms with Crippen LogP contribution in [0.4, 0.5) is 0 Å². The second kappa shape index (κ2) is 3.94. The van der Waals surface area contributed by atoms with Crippen molar-refractivity contribution in [3.05, 3.63) is 58.4 Å². The molecule has 0 bridgehead atoms. The average molecular weight is 281 g/mol. The van der Waals surface area contributed by atoms with Crippen molar-refractivity contribution in [1.82, 2.24) is 15.0 Å². The van der Waals surface area contributed by atoms with Crippen molar-refractivity contribution < 1.29 is 9.59 Å². The summed E-state index contributed by atoms with van der Waals surface area (Å²) in [6, 6.07) is 6.79. The molecule has 0 spiro atoms. The Balaban J connectivity index is 1.94. The molecule has 0 saturated heterocycles. The van der Waals surface area contributed by atoms with E-state index >= 15 is 0 Å². The Morgan fingerprint density at radius 3 is 2.50 bits per heavy atom. The normalized spacial score (nSPS) is 13.2. The summed E-state index contributed by atoms with van der Waals surface area (Å²) >= 11 is 1.40. The number of aromatic amines is 1. The molecule has 1 aliphatic carbocycles. The standard InChI is InChI=1S/C14H7N3O2S/c18-11-7-3-1-2-4-8(7)12(19)10-9(11)16-13(17-10)14-15-5-6-20-14/h1-6H,(H,16,17). The lowest BCUT2D eigenvalue weighted by molar-refractivity contribution is 0.0974. The van der Waals surface area contributed by atoms with Gasteiger partial charge in [0, 0.05) is 22.7 Å². The third-order valence-electron chi connectivity index (χ3n) is 3.20. The molecule has 0 atom stereocenters. The van der Waals surface area contributed by atoms with Crippen molar-refractivity contribution in [2.75, 3.05) is 0 Å². The Morgan fingerprint density at radius 2 is 1.80 bits per heavy atom. The molecule has 0 amide bonds. The summed E-state index contributed by atoms with van der Waals surface area (Å²) in [6.07, 6.45) is 1.65. The van der Waals surface area contributed by atoms with E-state index < -0.39 is 0 Å². The Hall–Kier alpha value is -2.60. The molecule has 1 N–H and O–H groups in total. The fourth-order valence-corrected chi connectivity index (χ4v) is 2.87. The molecule has 2 aromatic heterocycles. The third-order valence-corrected chi connectivity index (χ3v) is 3.98. The van der Waals surface area contributed by atoms with E-state index in [0.717, 1.165) is 0 Å². The van der Waals surface area contributed by atoms with Gasteiger partial charge in [-0.25, -0.2) is 9.97 Å². The largest absolute Gasteiger partial charge is 0.333 e. The Labute approximate surface area is 117 Å². The number of nitrogens with zero attached hydrogens (tertiary/aromatic N) is 2. The zero-order valence-corrected chi connectivity index (χ0v) is 10.9. The number of carbonyl (C=O) groups excluding carboxylic acids is 2. The summed E-state index contributed by atoms with van der Waals surface area (Å²) in [7, 11) is 0. The number of H-pyrrole nitrogens is 1. The molecule has 0 radical (unpaired) electrons. The van der Waals surface area contributed by atoms with Crippen molar-refractivity contribution >= 4 is 22.9 Å². The van der Waals surface area contributed by atoms with Crippen molar-refractivity contribution in [3.63, 3.8) is 0 Å². The average Bonchev–Trinajstić information content (AvgIpc) is 3.13. The van der Waals surface area contributed by atoms with Crippen LogP contribution in [0.2, 0.25) is 0 Å². The van der Waals surface area contributed by atoms with Crippen molar-refractivity contribution in [3.8, 4) is 10.8 Å². The minimum absolute atomic E-state index is 0.180. The SMILES string of the molecule is O=C1c2ccccc2C(=O)c2[nH]c(-c3nccs3)nc21. The highest BCUT2D eigenvalue weighted by Gasteiger charge is 2.33. The van der Waals surface area contributed by atoms with Crippen LogP contribution in [-0.2, 0) is 0 Å². The number of imidazole rings is 1. The number of fused-ring (bicyclic) bond motifs is 2. The van der Waals surface area contributed by atoms with Crippen LogP contribution in [0.1, 0.15) is 32.1 Å². The lowest BCUT2D eigenvalue weighted by Gasteiger charge is -2.11. The molecule has 1 aliphatic rings. The molecule has 0 unspecified atom stereocenters. The lowest BCUT2D eigenvalue weighted by atomic mass is 9.90. The minimum Gasteiger partial charge on any atom is -0.333 e. The number of rotatable bonds is 1. The molecule has 5 nitrogen and oxygen atoms in total. The third kappa shape index (κ3) is 1.42. The van der Waals surface area contributed by atoms with Gasteiger partial charge >= 0.3 is 0 Å². The van der Waals surface area contributed by atoms with Crippen LogP contribution in [0.5, 0.6) is 0 Å². The van der Waals surface area contributed by atoms with E-state index in [0.29, 0.717) is 22.0 Å². The highest BCUT2D eigenvalue weighted by molar-refractivity contribution is 7.13. The molecule has 6 heteroatoms. The van der Waals surface area contributed by atoms with Crippen LogP contribution in [0.25, 0.3) is 10.8 Å². The van der Waals surface area contributed by atoms with Crippen LogP contribution < -0.4 is 0 Å². The first-order valence-corrected chi connectivity index (χ1v) is 6.82. The summed E-state index contributed by atoms with van der Waals surface area (Å²) in [6.45, 7) is 0. The van der Waals surface area contributed by atoms with Crippen LogP contribution in [0, 0.1) is 0 Å². The first kappa shape index (κ1) is 11.2. The van der Waals surface area contributed by atoms with Gasteiger partial charge in [-0.3, -0.25) is 9.59 Å². The van der Waals surface area contributed by atoms with Gasteiger partial charge in [-0.05, 0) is 0 Å². The van der Waals surface area contributed by atoms with Gasteiger partial charge in [0.05, 0.1) is 0 Å². The fraction of sp³-hybridized carbons (Fsp3) is 0. The van der Waals surface area contributed by atoms with Gasteiger partial charge in [0.15, 0.2) is 10.8 Å². The Kier molecular flexibility index (Phi) is 2.22. The highest BCUT2D eigenvalue weighted by atomic mass is 32.1. The smallest absolute Gasteiger partial charge is 0.214 e. The second-order valence-corrected chi connectivity index (χ2v) is 5.24. The highest BCUT2D eigenvalue weighted by Crippen LogP contribution is 2.28. The van der Waals surface area contributed by atoms with E-state index in [2.05, 4.69) is 15.0 Å². The monoisotopic (exact) mass is 281 g/mol. The second-order valence-electron chi connectivity index (χ2n) is 4.35. The van der Waals surface area contributed by atoms with Gasteiger partial charge in [-0.1, -0.05) is 24.3 Å². The minimum atomic E-state index is -0.228. The molecule has 0 fully saturated rings. The van der Waals surface area contributed by atoms with Gasteiger partial charge in [-0.2, -0.15) is 0 Å². The maximum absolute atomic E-state index is 12.4. The van der Waals surface area contributed by atoms with E-state index in [1.165, 1.54) is 11.3 Å². The lowest BCUT2D eigenvalue weighted by Crippen LogP contribution is -2.20. The first-order chi connectivity index (χ1) is 9.75. The van der Waals surface area contributed by atoms with E-state index in [1.807, 2.05) is 5.38 Å². The molecular weight excluding hydrogens is 274 g/mol. The predicted octanol–water partition coefficient (Wildman–Crippen LogP) is 2.31. The number of aromatic nitrogens is 3. The summed E-state index contributed by atoms with van der Waals surface area (Å²) in [5, 5.41) is 2.47. The number of benzene rings is 1. The van der Waals surface area contributed by atoms with E-state index in [9.17, 15) is 9.59 Å². The summed E-state index contributed by atoms with van der Waals surface area (Å²) in [5.41, 5.74) is 1.25. The van der Waals surface area contributed by atoms with Crippen molar-refractivity contribution in [1.29, 1.82) is 0 Å². The molecule has 0 saturated carbocycles. The maximum atomic E-state index is 12.4. The summed E-state index contributed by atoms with van der Waals surface area (Å²) in [4.78, 5) is 36.1. The van der Waals surface area contributed by atoms with Crippen LogP contribution in [-0.4, -0.2) is 26.5 Å². The van der Waals surface area contributed by atoms with Crippen LogP contribution >= 0.6 is 11.3 Å². The van der Waals surface area contributed by atoms with E-state index in [4.69, 9.17) is 0 Å². The van der Waals surface area contributed by atoms with Gasteiger partial charge in [0.25, 0.3) is 0 Å². The van der Waals surface area contributed by atoms with E-state index in [1.54, 1.807) is 30.5 Å². The molecule has 0 aliphatic heterocycles. The molecular formula is C14H7N3O2S. The van der Waals surface area contributed by atoms with Gasteiger partial charge in [-0.15, -0.1) is 11.3 Å². The van der Waals surface area contributed by atoms with Crippen molar-refractivity contribution in [2.24, 2.45) is 0 Å². The quantitative estimate of drug-likeness (QED) is 0.581. The zero-order valence-electron chi connectivity index (χ0n) is 10.1. The Morgan fingerprint density at radius 1 is 1.05 bits per heavy atom. The number of carbonyl (C=O) groups is 2. The molecule has 2 heterocycles. The molecule has 4 rings (SSSR count). The zero-order chi connectivity index (χ0) is 13.7. The summed E-state index contributed by atoms with van der Waals surface area (Å²) in [5.74, 6) is 0.0271. The molecule has 3 aromatic rings.